The van der Waals surface area contributed by atoms with Crippen molar-refractivity contribution < 1.29 is 63.5 Å². The molecule has 0 aromatic heterocycles. The van der Waals surface area contributed by atoms with Crippen molar-refractivity contribution in [1.29, 1.82) is 0 Å². The Balaban J connectivity index is 1.97. The zero-order valence-electron chi connectivity index (χ0n) is 24.5. The maximum absolute atomic E-state index is 11.3. The van der Waals surface area contributed by atoms with Gasteiger partial charge in [-0.2, -0.15) is 0 Å². The van der Waals surface area contributed by atoms with Crippen LogP contribution >= 0.6 is 0 Å². The van der Waals surface area contributed by atoms with E-state index < -0.39 is 80.0 Å². The molecule has 0 amide bonds. The number of esters is 2. The molecule has 0 bridgehead atoms. The molecule has 2 aliphatic rings. The molecule has 0 aliphatic carbocycles. The minimum Gasteiger partial charge on any atom is -0.463 e. The van der Waals surface area contributed by atoms with Crippen molar-refractivity contribution in [3.05, 3.63) is 0 Å². The van der Waals surface area contributed by atoms with Crippen LogP contribution in [0, 0.1) is 0 Å². The molecule has 2 rings (SSSR count). The van der Waals surface area contributed by atoms with E-state index in [0.29, 0.717) is 6.42 Å². The van der Waals surface area contributed by atoms with E-state index in [1.807, 2.05) is 0 Å². The summed E-state index contributed by atoms with van der Waals surface area (Å²) >= 11 is 0. The van der Waals surface area contributed by atoms with Gasteiger partial charge in [-0.05, 0) is 6.42 Å². The summed E-state index contributed by atoms with van der Waals surface area (Å²) < 4.78 is 32.8. The van der Waals surface area contributed by atoms with Gasteiger partial charge in [0.2, 0.25) is 0 Å². The van der Waals surface area contributed by atoms with Crippen LogP contribution in [0.3, 0.4) is 0 Å². The van der Waals surface area contributed by atoms with E-state index in [0.717, 1.165) is 26.2 Å². The lowest BCUT2D eigenvalue weighted by atomic mass is 9.97. The zero-order chi connectivity index (χ0) is 30.4. The summed E-state index contributed by atoms with van der Waals surface area (Å²) in [5.74, 6) is -1.24. The van der Waals surface area contributed by atoms with Gasteiger partial charge in [-0.3, -0.25) is 9.59 Å². The van der Waals surface area contributed by atoms with Gasteiger partial charge in [-0.15, -0.1) is 0 Å². The molecule has 0 radical (unpaired) electrons. The predicted molar refractivity (Wildman–Crippen MR) is 143 cm³/mol. The molecule has 10 atom stereocenters. The summed E-state index contributed by atoms with van der Waals surface area (Å²) in [7, 11) is 0. The number of unbranched alkanes of at least 4 members (excludes halogenated alkanes) is 9. The highest BCUT2D eigenvalue weighted by Gasteiger charge is 2.51. The lowest BCUT2D eigenvalue weighted by Crippen LogP contribution is -2.64. The summed E-state index contributed by atoms with van der Waals surface area (Å²) in [6.45, 7) is 4.05. The van der Waals surface area contributed by atoms with Gasteiger partial charge in [-0.1, -0.05) is 64.7 Å². The van der Waals surface area contributed by atoms with Gasteiger partial charge in [0.25, 0.3) is 0 Å². The van der Waals surface area contributed by atoms with Crippen molar-refractivity contribution >= 4 is 11.9 Å². The van der Waals surface area contributed by atoms with Gasteiger partial charge >= 0.3 is 11.9 Å². The van der Waals surface area contributed by atoms with Crippen molar-refractivity contribution in [2.75, 3.05) is 19.8 Å². The monoisotopic (exact) mass is 594 g/mol. The first-order chi connectivity index (χ1) is 19.6. The molecule has 2 aliphatic heterocycles. The minimum atomic E-state index is -1.75. The Morgan fingerprint density at radius 2 is 1.07 bits per heavy atom. The molecular weight excluding hydrogens is 544 g/mol. The smallest absolute Gasteiger partial charge is 0.302 e. The lowest BCUT2D eigenvalue weighted by Gasteiger charge is -2.46. The normalized spacial score (nSPS) is 33.9. The van der Waals surface area contributed by atoms with Crippen LogP contribution < -0.4 is 0 Å². The fraction of sp³-hybridized carbons (Fsp3) is 0.929. The molecule has 5 N–H and O–H groups in total. The SMILES string of the molecule is CCCCCCCCCCCCOC1OC(COC(C)=O)C(O)C(O)C1OC1OC(COC(C)=O)C(O)C(O)C1O. The lowest BCUT2D eigenvalue weighted by molar-refractivity contribution is -0.367. The Morgan fingerprint density at radius 3 is 1.59 bits per heavy atom. The van der Waals surface area contributed by atoms with Crippen LogP contribution in [0.1, 0.15) is 85.0 Å². The first-order valence-corrected chi connectivity index (χ1v) is 14.8. The molecule has 240 valence electrons. The average molecular weight is 595 g/mol. The number of aliphatic hydroxyl groups is 5. The molecule has 2 heterocycles. The second-order valence-corrected chi connectivity index (χ2v) is 10.8. The second kappa shape index (κ2) is 19.0. The zero-order valence-corrected chi connectivity index (χ0v) is 24.5. The van der Waals surface area contributed by atoms with Gasteiger partial charge in [0.1, 0.15) is 62.0 Å². The van der Waals surface area contributed by atoms with E-state index in [1.54, 1.807) is 0 Å². The molecule has 41 heavy (non-hydrogen) atoms. The van der Waals surface area contributed by atoms with Crippen molar-refractivity contribution in [1.82, 2.24) is 0 Å². The van der Waals surface area contributed by atoms with Gasteiger partial charge < -0.3 is 54.0 Å². The van der Waals surface area contributed by atoms with Crippen LogP contribution in [-0.2, 0) is 38.0 Å². The number of aliphatic hydroxyl groups excluding tert-OH is 5. The Morgan fingerprint density at radius 1 is 0.610 bits per heavy atom. The Bertz CT molecular complexity index is 752. The fourth-order valence-electron chi connectivity index (χ4n) is 4.83. The van der Waals surface area contributed by atoms with Gasteiger partial charge in [0.05, 0.1) is 0 Å². The summed E-state index contributed by atoms with van der Waals surface area (Å²) in [5, 5.41) is 52.6. The van der Waals surface area contributed by atoms with Crippen LogP contribution in [-0.4, -0.2) is 119 Å². The van der Waals surface area contributed by atoms with Crippen molar-refractivity contribution in [3.8, 4) is 0 Å². The molecule has 13 nitrogen and oxygen atoms in total. The standard InChI is InChI=1S/C28H50O13/c1-4-5-6-7-8-9-10-11-12-13-14-36-28-26(24(34)22(32)20(40-28)16-38-18(3)30)41-27-25(35)23(33)21(31)19(39-27)15-37-17(2)29/h19-28,31-35H,4-16H2,1-3H3. The molecule has 2 fully saturated rings. The number of carbonyl (C=O) groups is 2. The highest BCUT2D eigenvalue weighted by atomic mass is 16.8. The highest BCUT2D eigenvalue weighted by Crippen LogP contribution is 2.30. The molecule has 0 saturated carbocycles. The largest absolute Gasteiger partial charge is 0.463 e. The van der Waals surface area contributed by atoms with E-state index in [1.165, 1.54) is 45.4 Å². The van der Waals surface area contributed by atoms with Crippen LogP contribution in [0.5, 0.6) is 0 Å². The first-order valence-electron chi connectivity index (χ1n) is 14.8. The number of ether oxygens (including phenoxy) is 6. The molecule has 0 spiro atoms. The molecular formula is C28H50O13. The number of hydrogen-bond acceptors (Lipinski definition) is 13. The van der Waals surface area contributed by atoms with E-state index in [4.69, 9.17) is 28.4 Å². The molecule has 0 aromatic rings. The Labute approximate surface area is 242 Å². The van der Waals surface area contributed by atoms with Gasteiger partial charge in [0, 0.05) is 20.5 Å². The van der Waals surface area contributed by atoms with Gasteiger partial charge in [0.15, 0.2) is 12.6 Å². The third-order valence-corrected chi connectivity index (χ3v) is 7.29. The van der Waals surface area contributed by atoms with Crippen LogP contribution in [0.2, 0.25) is 0 Å². The summed E-state index contributed by atoms with van der Waals surface area (Å²) in [6.07, 6.45) is -3.54. The topological polar surface area (TPSA) is 191 Å². The first kappa shape index (κ1) is 35.8. The predicted octanol–water partition coefficient (Wildman–Crippen LogP) is 0.690. The fourth-order valence-corrected chi connectivity index (χ4v) is 4.83. The Kier molecular flexibility index (Phi) is 16.6. The molecule has 13 heteroatoms. The van der Waals surface area contributed by atoms with Crippen molar-refractivity contribution in [3.63, 3.8) is 0 Å². The van der Waals surface area contributed by atoms with Crippen LogP contribution in [0.15, 0.2) is 0 Å². The van der Waals surface area contributed by atoms with E-state index in [2.05, 4.69) is 6.92 Å². The van der Waals surface area contributed by atoms with Crippen molar-refractivity contribution in [2.45, 2.75) is 146 Å². The molecule has 0 aromatic carbocycles. The summed E-state index contributed by atoms with van der Waals surface area (Å²) in [6, 6.07) is 0. The molecule has 10 unspecified atom stereocenters. The average Bonchev–Trinajstić information content (AvgIpc) is 2.93. The van der Waals surface area contributed by atoms with E-state index >= 15 is 0 Å². The quantitative estimate of drug-likeness (QED) is 0.110. The third-order valence-electron chi connectivity index (χ3n) is 7.29. The number of rotatable bonds is 18. The number of hydrogen-bond donors (Lipinski definition) is 5. The second-order valence-electron chi connectivity index (χ2n) is 10.8. The Hall–Kier alpha value is -1.42. The third kappa shape index (κ3) is 12.0. The van der Waals surface area contributed by atoms with Crippen LogP contribution in [0.4, 0.5) is 0 Å². The maximum Gasteiger partial charge on any atom is 0.302 e. The number of carbonyl (C=O) groups excluding carboxylic acids is 2. The van der Waals surface area contributed by atoms with Gasteiger partial charge in [-0.25, -0.2) is 0 Å². The van der Waals surface area contributed by atoms with Crippen molar-refractivity contribution in [2.24, 2.45) is 0 Å². The summed E-state index contributed by atoms with van der Waals surface area (Å²) in [4.78, 5) is 22.5. The molecule has 2 saturated heterocycles. The van der Waals surface area contributed by atoms with E-state index in [-0.39, 0.29) is 13.2 Å². The van der Waals surface area contributed by atoms with Crippen LogP contribution in [0.25, 0.3) is 0 Å². The minimum absolute atomic E-state index is 0.245. The summed E-state index contributed by atoms with van der Waals surface area (Å²) in [5.41, 5.74) is 0. The maximum atomic E-state index is 11.3. The highest BCUT2D eigenvalue weighted by molar-refractivity contribution is 5.66. The van der Waals surface area contributed by atoms with E-state index in [9.17, 15) is 35.1 Å².